The fourth-order valence-electron chi connectivity index (χ4n) is 4.86. The van der Waals surface area contributed by atoms with Crippen LogP contribution < -0.4 is 14.8 Å². The van der Waals surface area contributed by atoms with E-state index in [1.54, 1.807) is 31.3 Å². The van der Waals surface area contributed by atoms with Gasteiger partial charge in [0.05, 0.1) is 20.8 Å². The second-order valence-electron chi connectivity index (χ2n) is 8.65. The summed E-state index contributed by atoms with van der Waals surface area (Å²) in [5.74, 6) is 1.09. The molecule has 1 saturated carbocycles. The van der Waals surface area contributed by atoms with Crippen LogP contribution in [-0.4, -0.2) is 37.0 Å². The Morgan fingerprint density at radius 2 is 1.72 bits per heavy atom. The van der Waals surface area contributed by atoms with Crippen molar-refractivity contribution in [2.75, 3.05) is 14.2 Å². The van der Waals surface area contributed by atoms with Crippen LogP contribution in [0.3, 0.4) is 0 Å². The molecule has 1 fully saturated rings. The quantitative estimate of drug-likeness (QED) is 0.717. The van der Waals surface area contributed by atoms with Crippen LogP contribution in [0.4, 0.5) is 0 Å². The largest absolute Gasteiger partial charge is 0.497 e. The van der Waals surface area contributed by atoms with Gasteiger partial charge in [-0.15, -0.1) is 0 Å². The minimum atomic E-state index is -0.643. The maximum Gasteiger partial charge on any atom is 0.255 e. The lowest BCUT2D eigenvalue weighted by molar-refractivity contribution is -0.126. The van der Waals surface area contributed by atoms with Crippen LogP contribution in [0.15, 0.2) is 42.5 Å². The number of hydrogen-bond acceptors (Lipinski definition) is 4. The van der Waals surface area contributed by atoms with E-state index in [0.29, 0.717) is 17.1 Å². The topological polar surface area (TPSA) is 67.9 Å². The SMILES string of the molecule is COc1ccc(CN2C(=O)c3ccccc3[C@@H]2C(=O)NC2CCCCCCC2)c(OC)c1. The predicted octanol–water partition coefficient (Wildman–Crippen LogP) is 4.63. The van der Waals surface area contributed by atoms with Crippen molar-refractivity contribution < 1.29 is 19.1 Å². The molecule has 6 heteroatoms. The Morgan fingerprint density at radius 3 is 2.44 bits per heavy atom. The molecule has 2 amide bonds. The van der Waals surface area contributed by atoms with Gasteiger partial charge in [0, 0.05) is 23.2 Å². The third-order valence-corrected chi connectivity index (χ3v) is 6.59. The van der Waals surface area contributed by atoms with Crippen LogP contribution in [0.1, 0.15) is 72.5 Å². The van der Waals surface area contributed by atoms with E-state index >= 15 is 0 Å². The van der Waals surface area contributed by atoms with Crippen molar-refractivity contribution in [3.63, 3.8) is 0 Å². The number of rotatable bonds is 6. The maximum atomic E-state index is 13.5. The second kappa shape index (κ2) is 10.1. The molecule has 1 N–H and O–H groups in total. The van der Waals surface area contributed by atoms with Crippen LogP contribution in [0.2, 0.25) is 0 Å². The lowest BCUT2D eigenvalue weighted by Crippen LogP contribution is -2.43. The Kier molecular flexibility index (Phi) is 6.98. The number of nitrogens with zero attached hydrogens (tertiary/aromatic N) is 1. The van der Waals surface area contributed by atoms with Gasteiger partial charge in [-0.2, -0.15) is 0 Å². The third-order valence-electron chi connectivity index (χ3n) is 6.59. The van der Waals surface area contributed by atoms with Gasteiger partial charge in [0.15, 0.2) is 0 Å². The number of methoxy groups -OCH3 is 2. The number of carbonyl (C=O) groups excluding carboxylic acids is 2. The molecule has 0 bridgehead atoms. The van der Waals surface area contributed by atoms with Crippen molar-refractivity contribution in [2.24, 2.45) is 0 Å². The molecule has 0 radical (unpaired) electrons. The summed E-state index contributed by atoms with van der Waals surface area (Å²) < 4.78 is 10.8. The number of nitrogens with one attached hydrogen (secondary N) is 1. The summed E-state index contributed by atoms with van der Waals surface area (Å²) in [4.78, 5) is 28.5. The van der Waals surface area contributed by atoms with Gasteiger partial charge in [0.25, 0.3) is 5.91 Å². The van der Waals surface area contributed by atoms with Crippen molar-refractivity contribution in [1.29, 1.82) is 0 Å². The third kappa shape index (κ3) is 4.59. The molecule has 6 nitrogen and oxygen atoms in total. The molecule has 1 atom stereocenters. The van der Waals surface area contributed by atoms with Crippen LogP contribution in [0, 0.1) is 0 Å². The normalized spacial score (nSPS) is 19.1. The Hall–Kier alpha value is -3.02. The summed E-state index contributed by atoms with van der Waals surface area (Å²) in [5, 5.41) is 3.27. The molecule has 0 aromatic heterocycles. The molecule has 1 heterocycles. The van der Waals surface area contributed by atoms with Crippen LogP contribution in [-0.2, 0) is 11.3 Å². The molecule has 2 aromatic carbocycles. The van der Waals surface area contributed by atoms with Gasteiger partial charge < -0.3 is 19.7 Å². The highest BCUT2D eigenvalue weighted by Gasteiger charge is 2.41. The van der Waals surface area contributed by atoms with E-state index in [-0.39, 0.29) is 24.4 Å². The predicted molar refractivity (Wildman–Crippen MR) is 123 cm³/mol. The maximum absolute atomic E-state index is 13.5. The van der Waals surface area contributed by atoms with Crippen molar-refractivity contribution >= 4 is 11.8 Å². The van der Waals surface area contributed by atoms with Gasteiger partial charge in [-0.05, 0) is 36.6 Å². The number of amides is 2. The minimum absolute atomic E-state index is 0.0960. The van der Waals surface area contributed by atoms with Gasteiger partial charge in [-0.25, -0.2) is 0 Å². The van der Waals surface area contributed by atoms with E-state index in [1.807, 2.05) is 30.3 Å². The van der Waals surface area contributed by atoms with E-state index in [1.165, 1.54) is 19.3 Å². The van der Waals surface area contributed by atoms with Gasteiger partial charge in [-0.3, -0.25) is 9.59 Å². The summed E-state index contributed by atoms with van der Waals surface area (Å²) in [5.41, 5.74) is 2.20. The van der Waals surface area contributed by atoms with Gasteiger partial charge in [-0.1, -0.05) is 50.3 Å². The summed E-state index contributed by atoms with van der Waals surface area (Å²) in [6.45, 7) is 0.281. The summed E-state index contributed by atoms with van der Waals surface area (Å²) in [7, 11) is 3.20. The molecule has 2 aliphatic rings. The molecular formula is C26H32N2O4. The van der Waals surface area contributed by atoms with Gasteiger partial charge in [0.2, 0.25) is 5.91 Å². The van der Waals surface area contributed by atoms with Crippen molar-refractivity contribution in [3.05, 3.63) is 59.2 Å². The second-order valence-corrected chi connectivity index (χ2v) is 8.65. The number of fused-ring (bicyclic) bond motifs is 1. The van der Waals surface area contributed by atoms with E-state index in [4.69, 9.17) is 9.47 Å². The van der Waals surface area contributed by atoms with E-state index in [0.717, 1.165) is 36.8 Å². The van der Waals surface area contributed by atoms with Crippen molar-refractivity contribution in [1.82, 2.24) is 10.2 Å². The van der Waals surface area contributed by atoms with E-state index < -0.39 is 6.04 Å². The number of hydrogen-bond donors (Lipinski definition) is 1. The van der Waals surface area contributed by atoms with E-state index in [2.05, 4.69) is 5.32 Å². The standard InChI is InChI=1S/C26H32N2O4/c1-31-20-15-14-18(23(16-20)32-2)17-28-24(21-12-8-9-13-22(21)26(28)30)25(29)27-19-10-6-4-3-5-7-11-19/h8-9,12-16,19,24H,3-7,10-11,17H2,1-2H3,(H,27,29)/t24-/m1/s1. The lowest BCUT2D eigenvalue weighted by Gasteiger charge is -2.28. The van der Waals surface area contributed by atoms with Crippen LogP contribution >= 0.6 is 0 Å². The molecule has 32 heavy (non-hydrogen) atoms. The number of ether oxygens (including phenoxy) is 2. The molecular weight excluding hydrogens is 404 g/mol. The van der Waals surface area contributed by atoms with Crippen LogP contribution in [0.25, 0.3) is 0 Å². The molecule has 170 valence electrons. The first-order valence-electron chi connectivity index (χ1n) is 11.5. The van der Waals surface area contributed by atoms with Crippen LogP contribution in [0.5, 0.6) is 11.5 Å². The molecule has 2 aromatic rings. The fraction of sp³-hybridized carbons (Fsp3) is 0.462. The zero-order valence-electron chi connectivity index (χ0n) is 18.9. The highest BCUT2D eigenvalue weighted by molar-refractivity contribution is 6.04. The van der Waals surface area contributed by atoms with Crippen molar-refractivity contribution in [3.8, 4) is 11.5 Å². The molecule has 1 aliphatic heterocycles. The molecule has 0 spiro atoms. The summed E-state index contributed by atoms with van der Waals surface area (Å²) in [6.07, 6.45) is 8.00. The van der Waals surface area contributed by atoms with Gasteiger partial charge in [0.1, 0.15) is 17.5 Å². The zero-order valence-corrected chi connectivity index (χ0v) is 18.9. The first-order valence-corrected chi connectivity index (χ1v) is 11.5. The molecule has 4 rings (SSSR count). The molecule has 0 unspecified atom stereocenters. The zero-order chi connectivity index (χ0) is 22.5. The van der Waals surface area contributed by atoms with E-state index in [9.17, 15) is 9.59 Å². The molecule has 0 saturated heterocycles. The Labute approximate surface area is 189 Å². The van der Waals surface area contributed by atoms with Crippen molar-refractivity contribution in [2.45, 2.75) is 63.6 Å². The Balaban J connectivity index is 1.60. The average Bonchev–Trinajstić information content (AvgIpc) is 3.07. The monoisotopic (exact) mass is 436 g/mol. The Bertz CT molecular complexity index is 966. The summed E-state index contributed by atoms with van der Waals surface area (Å²) in [6, 6.07) is 12.5. The summed E-state index contributed by atoms with van der Waals surface area (Å²) >= 11 is 0. The highest BCUT2D eigenvalue weighted by atomic mass is 16.5. The average molecular weight is 437 g/mol. The number of carbonyl (C=O) groups is 2. The first kappa shape index (κ1) is 22.2. The highest BCUT2D eigenvalue weighted by Crippen LogP contribution is 2.37. The number of benzene rings is 2. The molecule has 1 aliphatic carbocycles. The Morgan fingerprint density at radius 1 is 1.00 bits per heavy atom. The van der Waals surface area contributed by atoms with Gasteiger partial charge >= 0.3 is 0 Å². The smallest absolute Gasteiger partial charge is 0.255 e. The fourth-order valence-corrected chi connectivity index (χ4v) is 4.86. The minimum Gasteiger partial charge on any atom is -0.497 e. The first-order chi connectivity index (χ1) is 15.6. The lowest BCUT2D eigenvalue weighted by atomic mass is 9.96.